The van der Waals surface area contributed by atoms with Crippen molar-refractivity contribution in [1.82, 2.24) is 15.1 Å². The average molecular weight is 380 g/mol. The van der Waals surface area contributed by atoms with Crippen LogP contribution in [0.15, 0.2) is 30.3 Å². The van der Waals surface area contributed by atoms with Crippen LogP contribution in [0.1, 0.15) is 17.4 Å². The molecule has 0 spiro atoms. The molecule has 1 aliphatic heterocycles. The van der Waals surface area contributed by atoms with Gasteiger partial charge in [0.05, 0.1) is 10.7 Å². The first-order chi connectivity index (χ1) is 12.1. The molecule has 3 rings (SSSR count). The number of hydrogen-bond donors (Lipinski definition) is 1. The van der Waals surface area contributed by atoms with Crippen LogP contribution < -0.4 is 10.2 Å². The van der Waals surface area contributed by atoms with Gasteiger partial charge in [0.1, 0.15) is 0 Å². The number of aromatic nitrogens is 2. The molecule has 1 aliphatic rings. The van der Waals surface area contributed by atoms with Gasteiger partial charge >= 0.3 is 0 Å². The lowest BCUT2D eigenvalue weighted by Gasteiger charge is -2.34. The van der Waals surface area contributed by atoms with Crippen molar-refractivity contribution in [2.75, 3.05) is 42.9 Å². The van der Waals surface area contributed by atoms with Crippen LogP contribution in [0.5, 0.6) is 0 Å². The number of carbonyl (C=O) groups is 1. The molecule has 0 saturated carbocycles. The lowest BCUT2D eigenvalue weighted by atomic mass is 10.3. The largest absolute Gasteiger partial charge is 0.353 e. The topological polar surface area (TPSA) is 61.4 Å². The summed E-state index contributed by atoms with van der Waals surface area (Å²) in [6.07, 6.45) is 0. The van der Waals surface area contributed by atoms with Gasteiger partial charge in [0.15, 0.2) is 11.5 Å². The van der Waals surface area contributed by atoms with Crippen LogP contribution in [0.2, 0.25) is 10.0 Å². The van der Waals surface area contributed by atoms with E-state index in [0.717, 1.165) is 38.5 Å². The van der Waals surface area contributed by atoms with Gasteiger partial charge in [-0.05, 0) is 36.9 Å². The van der Waals surface area contributed by atoms with Crippen molar-refractivity contribution in [3.05, 3.63) is 46.1 Å². The summed E-state index contributed by atoms with van der Waals surface area (Å²) in [7, 11) is 0. The number of likely N-dealkylation sites (N-methyl/N-ethyl adjacent to an activating group) is 1. The molecule has 0 unspecified atom stereocenters. The summed E-state index contributed by atoms with van der Waals surface area (Å²) in [5.74, 6) is 0.427. The van der Waals surface area contributed by atoms with Crippen molar-refractivity contribution in [3.63, 3.8) is 0 Å². The van der Waals surface area contributed by atoms with Crippen LogP contribution in [0.3, 0.4) is 0 Å². The van der Waals surface area contributed by atoms with Crippen molar-refractivity contribution in [2.24, 2.45) is 0 Å². The highest BCUT2D eigenvalue weighted by Gasteiger charge is 2.18. The number of piperazine rings is 1. The summed E-state index contributed by atoms with van der Waals surface area (Å²) in [4.78, 5) is 16.9. The smallest absolute Gasteiger partial charge is 0.276 e. The lowest BCUT2D eigenvalue weighted by molar-refractivity contribution is 0.102. The quantitative estimate of drug-likeness (QED) is 0.883. The Labute approximate surface area is 156 Å². The van der Waals surface area contributed by atoms with Crippen LogP contribution in [-0.2, 0) is 0 Å². The van der Waals surface area contributed by atoms with Crippen molar-refractivity contribution in [1.29, 1.82) is 0 Å². The highest BCUT2D eigenvalue weighted by Crippen LogP contribution is 2.25. The van der Waals surface area contributed by atoms with Crippen molar-refractivity contribution < 1.29 is 4.79 Å². The van der Waals surface area contributed by atoms with Crippen molar-refractivity contribution in [2.45, 2.75) is 6.92 Å². The van der Waals surface area contributed by atoms with Gasteiger partial charge in [-0.1, -0.05) is 30.1 Å². The number of carbonyl (C=O) groups excluding carboxylic acids is 1. The second-order valence-electron chi connectivity index (χ2n) is 5.78. The number of nitrogens with zero attached hydrogens (tertiary/aromatic N) is 4. The van der Waals surface area contributed by atoms with Gasteiger partial charge in [-0.25, -0.2) is 0 Å². The van der Waals surface area contributed by atoms with E-state index in [1.165, 1.54) is 0 Å². The number of anilines is 2. The second kappa shape index (κ2) is 7.99. The Morgan fingerprint density at radius 1 is 1.12 bits per heavy atom. The maximum absolute atomic E-state index is 12.3. The number of amides is 1. The number of halogens is 2. The fourth-order valence-electron chi connectivity index (χ4n) is 2.69. The molecule has 132 valence electrons. The third kappa shape index (κ3) is 4.39. The maximum Gasteiger partial charge on any atom is 0.276 e. The van der Waals surface area contributed by atoms with Gasteiger partial charge in [-0.15, -0.1) is 10.2 Å². The highest BCUT2D eigenvalue weighted by atomic mass is 35.5. The number of nitrogens with one attached hydrogen (secondary N) is 1. The fraction of sp³-hybridized carbons (Fsp3) is 0.353. The Kier molecular flexibility index (Phi) is 5.73. The molecule has 25 heavy (non-hydrogen) atoms. The van der Waals surface area contributed by atoms with Gasteiger partial charge in [0, 0.05) is 31.2 Å². The Balaban J connectivity index is 1.64. The second-order valence-corrected chi connectivity index (χ2v) is 6.62. The van der Waals surface area contributed by atoms with E-state index in [1.807, 2.05) is 6.07 Å². The summed E-state index contributed by atoms with van der Waals surface area (Å²) >= 11 is 11.9. The van der Waals surface area contributed by atoms with Gasteiger partial charge in [-0.2, -0.15) is 0 Å². The Bertz CT molecular complexity index is 745. The minimum atomic E-state index is -0.362. The SMILES string of the molecule is CCN1CCN(c2ccc(C(=O)Nc3ccc(Cl)cc3Cl)nn2)CC1. The minimum absolute atomic E-state index is 0.238. The highest BCUT2D eigenvalue weighted by molar-refractivity contribution is 6.36. The van der Waals surface area contributed by atoms with E-state index in [-0.39, 0.29) is 11.6 Å². The van der Waals surface area contributed by atoms with E-state index in [2.05, 4.69) is 32.2 Å². The Morgan fingerprint density at radius 2 is 1.88 bits per heavy atom. The van der Waals surface area contributed by atoms with Crippen LogP contribution in [0.4, 0.5) is 11.5 Å². The molecule has 2 aromatic rings. The van der Waals surface area contributed by atoms with E-state index in [0.29, 0.717) is 15.7 Å². The van der Waals surface area contributed by atoms with E-state index >= 15 is 0 Å². The summed E-state index contributed by atoms with van der Waals surface area (Å²) in [5.41, 5.74) is 0.722. The van der Waals surface area contributed by atoms with Crippen LogP contribution >= 0.6 is 23.2 Å². The summed E-state index contributed by atoms with van der Waals surface area (Å²) in [5, 5.41) is 11.8. The number of benzene rings is 1. The van der Waals surface area contributed by atoms with E-state index in [1.54, 1.807) is 24.3 Å². The van der Waals surface area contributed by atoms with Gasteiger partial charge in [0.25, 0.3) is 5.91 Å². The van der Waals surface area contributed by atoms with Crippen LogP contribution in [0.25, 0.3) is 0 Å². The molecule has 0 bridgehead atoms. The first-order valence-corrected chi connectivity index (χ1v) is 8.90. The standard InChI is InChI=1S/C17H19Cl2N5O/c1-2-23-7-9-24(10-8-23)16-6-5-15(21-22-16)17(25)20-14-4-3-12(18)11-13(14)19/h3-6,11H,2,7-10H2,1H3,(H,20,25). The lowest BCUT2D eigenvalue weighted by Crippen LogP contribution is -2.46. The summed E-state index contributed by atoms with van der Waals surface area (Å²) in [6.45, 7) is 7.07. The molecule has 0 atom stereocenters. The zero-order valence-electron chi connectivity index (χ0n) is 13.9. The first-order valence-electron chi connectivity index (χ1n) is 8.14. The predicted octanol–water partition coefficient (Wildman–Crippen LogP) is 3.18. The molecule has 1 amide bonds. The molecule has 6 nitrogen and oxygen atoms in total. The molecule has 2 heterocycles. The first kappa shape index (κ1) is 17.9. The van der Waals surface area contributed by atoms with Crippen LogP contribution in [0, 0.1) is 0 Å². The Hall–Kier alpha value is -1.89. The van der Waals surface area contributed by atoms with E-state index in [9.17, 15) is 4.79 Å². The monoisotopic (exact) mass is 379 g/mol. The molecule has 1 fully saturated rings. The normalized spacial score (nSPS) is 15.2. The zero-order chi connectivity index (χ0) is 17.8. The molecule has 0 radical (unpaired) electrons. The van der Waals surface area contributed by atoms with Crippen molar-refractivity contribution in [3.8, 4) is 0 Å². The van der Waals surface area contributed by atoms with E-state index in [4.69, 9.17) is 23.2 Å². The van der Waals surface area contributed by atoms with Crippen molar-refractivity contribution >= 4 is 40.6 Å². The molecule has 1 N–H and O–H groups in total. The van der Waals surface area contributed by atoms with E-state index < -0.39 is 0 Å². The number of hydrogen-bond acceptors (Lipinski definition) is 5. The summed E-state index contributed by atoms with van der Waals surface area (Å²) in [6, 6.07) is 8.38. The van der Waals surface area contributed by atoms with Gasteiger partial charge in [-0.3, -0.25) is 4.79 Å². The molecule has 0 aliphatic carbocycles. The third-order valence-electron chi connectivity index (χ3n) is 4.21. The number of rotatable bonds is 4. The molecule has 1 aromatic carbocycles. The average Bonchev–Trinajstić information content (AvgIpc) is 2.64. The fourth-order valence-corrected chi connectivity index (χ4v) is 3.14. The van der Waals surface area contributed by atoms with Gasteiger partial charge < -0.3 is 15.1 Å². The molecule has 1 saturated heterocycles. The zero-order valence-corrected chi connectivity index (χ0v) is 15.4. The predicted molar refractivity (Wildman–Crippen MR) is 101 cm³/mol. The summed E-state index contributed by atoms with van der Waals surface area (Å²) < 4.78 is 0. The molecule has 8 heteroatoms. The minimum Gasteiger partial charge on any atom is -0.353 e. The molecular weight excluding hydrogens is 361 g/mol. The molecular formula is C17H19Cl2N5O. The maximum atomic E-state index is 12.3. The molecule has 1 aromatic heterocycles. The third-order valence-corrected chi connectivity index (χ3v) is 4.75. The van der Waals surface area contributed by atoms with Crippen LogP contribution in [-0.4, -0.2) is 53.7 Å². The Morgan fingerprint density at radius 3 is 2.48 bits per heavy atom. The van der Waals surface area contributed by atoms with Gasteiger partial charge in [0.2, 0.25) is 0 Å².